The first-order chi connectivity index (χ1) is 7.11. The Morgan fingerprint density at radius 1 is 1.27 bits per heavy atom. The first-order valence-electron chi connectivity index (χ1n) is 5.57. The molecule has 15 heavy (non-hydrogen) atoms. The smallest absolute Gasteiger partial charge is 0.126 e. The second-order valence-electron chi connectivity index (χ2n) is 4.10. The molecule has 1 aromatic rings. The van der Waals surface area contributed by atoms with Crippen LogP contribution < -0.4 is 0 Å². The van der Waals surface area contributed by atoms with Gasteiger partial charge in [-0.3, -0.25) is 0 Å². The van der Waals surface area contributed by atoms with Gasteiger partial charge in [0, 0.05) is 6.42 Å². The minimum Gasteiger partial charge on any atom is -0.390 e. The van der Waals surface area contributed by atoms with Gasteiger partial charge in [-0.05, 0) is 24.5 Å². The van der Waals surface area contributed by atoms with Crippen molar-refractivity contribution in [3.05, 3.63) is 35.6 Å². The van der Waals surface area contributed by atoms with E-state index in [0.29, 0.717) is 18.4 Å². The predicted octanol–water partition coefficient (Wildman–Crippen LogP) is 3.31. The quantitative estimate of drug-likeness (QED) is 0.790. The average Bonchev–Trinajstić information content (AvgIpc) is 2.22. The number of benzene rings is 1. The Hall–Kier alpha value is -0.890. The van der Waals surface area contributed by atoms with Crippen molar-refractivity contribution in [3.63, 3.8) is 0 Å². The molecular weight excluding hydrogens is 191 g/mol. The van der Waals surface area contributed by atoms with E-state index in [2.05, 4.69) is 0 Å². The number of hydrogen-bond donors (Lipinski definition) is 1. The fourth-order valence-corrected chi connectivity index (χ4v) is 1.85. The summed E-state index contributed by atoms with van der Waals surface area (Å²) in [6, 6.07) is 6.66. The Labute approximate surface area is 90.9 Å². The van der Waals surface area contributed by atoms with Crippen LogP contribution in [-0.4, -0.2) is 10.7 Å². The number of halogens is 1. The highest BCUT2D eigenvalue weighted by Crippen LogP contribution is 2.23. The molecule has 0 aliphatic heterocycles. The van der Waals surface area contributed by atoms with Crippen molar-refractivity contribution in [2.24, 2.45) is 0 Å². The van der Waals surface area contributed by atoms with Crippen molar-refractivity contribution in [2.75, 3.05) is 0 Å². The highest BCUT2D eigenvalue weighted by Gasteiger charge is 2.24. The lowest BCUT2D eigenvalue weighted by Crippen LogP contribution is -2.30. The van der Waals surface area contributed by atoms with Gasteiger partial charge in [0.05, 0.1) is 5.60 Å². The molecule has 0 aliphatic rings. The average molecular weight is 210 g/mol. The van der Waals surface area contributed by atoms with Crippen molar-refractivity contribution in [2.45, 2.75) is 45.1 Å². The van der Waals surface area contributed by atoms with Crippen LogP contribution in [0.2, 0.25) is 0 Å². The summed E-state index contributed by atoms with van der Waals surface area (Å²) >= 11 is 0. The second kappa shape index (κ2) is 5.26. The number of aliphatic hydroxyl groups is 1. The first kappa shape index (κ1) is 12.2. The summed E-state index contributed by atoms with van der Waals surface area (Å²) < 4.78 is 13.4. The van der Waals surface area contributed by atoms with Crippen LogP contribution in [0.25, 0.3) is 0 Å². The van der Waals surface area contributed by atoms with Gasteiger partial charge in [-0.15, -0.1) is 0 Å². The van der Waals surface area contributed by atoms with Crippen molar-refractivity contribution >= 4 is 0 Å². The van der Waals surface area contributed by atoms with E-state index in [9.17, 15) is 9.50 Å². The summed E-state index contributed by atoms with van der Waals surface area (Å²) in [4.78, 5) is 0. The SMILES string of the molecule is CCCC(O)(CC)Cc1ccccc1F. The minimum atomic E-state index is -0.753. The molecule has 0 bridgehead atoms. The first-order valence-corrected chi connectivity index (χ1v) is 5.57. The highest BCUT2D eigenvalue weighted by molar-refractivity contribution is 5.19. The van der Waals surface area contributed by atoms with Crippen molar-refractivity contribution < 1.29 is 9.50 Å². The molecule has 0 spiro atoms. The summed E-state index contributed by atoms with van der Waals surface area (Å²) in [5, 5.41) is 10.2. The van der Waals surface area contributed by atoms with E-state index < -0.39 is 5.60 Å². The maximum Gasteiger partial charge on any atom is 0.126 e. The second-order valence-corrected chi connectivity index (χ2v) is 4.10. The predicted molar refractivity (Wildman–Crippen MR) is 60.3 cm³/mol. The van der Waals surface area contributed by atoms with E-state index in [0.717, 1.165) is 12.8 Å². The maximum absolute atomic E-state index is 13.4. The number of rotatable bonds is 5. The molecule has 0 fully saturated rings. The van der Waals surface area contributed by atoms with E-state index in [1.807, 2.05) is 13.8 Å². The molecule has 1 rings (SSSR count). The summed E-state index contributed by atoms with van der Waals surface area (Å²) in [7, 11) is 0. The zero-order chi connectivity index (χ0) is 11.3. The van der Waals surface area contributed by atoms with Gasteiger partial charge in [-0.2, -0.15) is 0 Å². The zero-order valence-corrected chi connectivity index (χ0v) is 9.46. The molecule has 1 atom stereocenters. The molecule has 0 saturated heterocycles. The fraction of sp³-hybridized carbons (Fsp3) is 0.538. The molecule has 0 aromatic heterocycles. The minimum absolute atomic E-state index is 0.222. The van der Waals surface area contributed by atoms with Gasteiger partial charge < -0.3 is 5.11 Å². The van der Waals surface area contributed by atoms with Gasteiger partial charge in [0.2, 0.25) is 0 Å². The van der Waals surface area contributed by atoms with E-state index >= 15 is 0 Å². The van der Waals surface area contributed by atoms with Crippen LogP contribution in [0.5, 0.6) is 0 Å². The van der Waals surface area contributed by atoms with Gasteiger partial charge in [-0.1, -0.05) is 38.5 Å². The number of hydrogen-bond acceptors (Lipinski definition) is 1. The van der Waals surface area contributed by atoms with Crippen LogP contribution >= 0.6 is 0 Å². The molecule has 0 amide bonds. The van der Waals surface area contributed by atoms with Crippen LogP contribution in [-0.2, 0) is 6.42 Å². The molecule has 1 N–H and O–H groups in total. The molecule has 0 heterocycles. The van der Waals surface area contributed by atoms with Crippen LogP contribution in [0, 0.1) is 5.82 Å². The van der Waals surface area contributed by atoms with Gasteiger partial charge in [0.15, 0.2) is 0 Å². The Morgan fingerprint density at radius 3 is 2.47 bits per heavy atom. The molecule has 1 nitrogen and oxygen atoms in total. The summed E-state index contributed by atoms with van der Waals surface area (Å²) in [5.41, 5.74) is -0.146. The molecule has 1 unspecified atom stereocenters. The Kier molecular flexibility index (Phi) is 4.28. The third-order valence-electron chi connectivity index (χ3n) is 2.85. The van der Waals surface area contributed by atoms with E-state index in [1.54, 1.807) is 18.2 Å². The van der Waals surface area contributed by atoms with Crippen molar-refractivity contribution in [1.82, 2.24) is 0 Å². The van der Waals surface area contributed by atoms with E-state index in [-0.39, 0.29) is 5.82 Å². The maximum atomic E-state index is 13.4. The van der Waals surface area contributed by atoms with Gasteiger partial charge >= 0.3 is 0 Å². The zero-order valence-electron chi connectivity index (χ0n) is 9.46. The molecular formula is C13H19FO. The lowest BCUT2D eigenvalue weighted by Gasteiger charge is -2.26. The monoisotopic (exact) mass is 210 g/mol. The highest BCUT2D eigenvalue weighted by atomic mass is 19.1. The molecule has 2 heteroatoms. The van der Waals surface area contributed by atoms with Gasteiger partial charge in [-0.25, -0.2) is 4.39 Å². The largest absolute Gasteiger partial charge is 0.390 e. The van der Waals surface area contributed by atoms with Crippen molar-refractivity contribution in [3.8, 4) is 0 Å². The Morgan fingerprint density at radius 2 is 1.93 bits per heavy atom. The third kappa shape index (κ3) is 3.31. The third-order valence-corrected chi connectivity index (χ3v) is 2.85. The fourth-order valence-electron chi connectivity index (χ4n) is 1.85. The summed E-state index contributed by atoms with van der Waals surface area (Å²) in [6.45, 7) is 3.97. The van der Waals surface area contributed by atoms with Gasteiger partial charge in [0.1, 0.15) is 5.82 Å². The summed E-state index contributed by atoms with van der Waals surface area (Å²) in [5.74, 6) is -0.222. The molecule has 0 radical (unpaired) electrons. The van der Waals surface area contributed by atoms with E-state index in [4.69, 9.17) is 0 Å². The van der Waals surface area contributed by atoms with Crippen LogP contribution in [0.1, 0.15) is 38.7 Å². The van der Waals surface area contributed by atoms with Crippen LogP contribution in [0.3, 0.4) is 0 Å². The molecule has 0 saturated carbocycles. The van der Waals surface area contributed by atoms with Crippen LogP contribution in [0.15, 0.2) is 24.3 Å². The Balaban J connectivity index is 2.79. The van der Waals surface area contributed by atoms with E-state index in [1.165, 1.54) is 6.07 Å². The normalized spacial score (nSPS) is 14.9. The molecule has 1 aromatic carbocycles. The summed E-state index contributed by atoms with van der Waals surface area (Å²) in [6.07, 6.45) is 2.70. The molecule has 84 valence electrons. The molecule has 0 aliphatic carbocycles. The van der Waals surface area contributed by atoms with Gasteiger partial charge in [0.25, 0.3) is 0 Å². The lowest BCUT2D eigenvalue weighted by atomic mass is 9.88. The standard InChI is InChI=1S/C13H19FO/c1-3-9-13(15,4-2)10-11-7-5-6-8-12(11)14/h5-8,15H,3-4,9-10H2,1-2H3. The lowest BCUT2D eigenvalue weighted by molar-refractivity contribution is 0.0263. The Bertz CT molecular complexity index is 311. The topological polar surface area (TPSA) is 20.2 Å². The van der Waals surface area contributed by atoms with Crippen LogP contribution in [0.4, 0.5) is 4.39 Å². The van der Waals surface area contributed by atoms with Crippen molar-refractivity contribution in [1.29, 1.82) is 0 Å².